The highest BCUT2D eigenvalue weighted by atomic mass is 35.5. The zero-order chi connectivity index (χ0) is 22.1. The van der Waals surface area contributed by atoms with Crippen molar-refractivity contribution in [2.75, 3.05) is 6.61 Å². The van der Waals surface area contributed by atoms with Crippen molar-refractivity contribution < 1.29 is 19.4 Å². The van der Waals surface area contributed by atoms with Crippen molar-refractivity contribution in [1.82, 2.24) is 0 Å². The van der Waals surface area contributed by atoms with Crippen LogP contribution in [0.1, 0.15) is 43.2 Å². The van der Waals surface area contributed by atoms with Crippen LogP contribution in [0.4, 0.5) is 0 Å². The molecule has 31 heavy (non-hydrogen) atoms. The van der Waals surface area contributed by atoms with E-state index in [0.29, 0.717) is 34.5 Å². The van der Waals surface area contributed by atoms with Crippen molar-refractivity contribution in [2.24, 2.45) is 16.8 Å². The van der Waals surface area contributed by atoms with Crippen LogP contribution in [0.3, 0.4) is 0 Å². The molecule has 4 unspecified atom stereocenters. The molecule has 0 radical (unpaired) electrons. The number of carboxylic acid groups (broad SMARTS) is 1. The van der Waals surface area contributed by atoms with Crippen molar-refractivity contribution in [3.05, 3.63) is 82.0 Å². The van der Waals surface area contributed by atoms with Gasteiger partial charge in [-0.1, -0.05) is 54.1 Å². The van der Waals surface area contributed by atoms with Crippen LogP contribution < -0.4 is 0 Å². The Kier molecular flexibility index (Phi) is 5.96. The van der Waals surface area contributed by atoms with Crippen molar-refractivity contribution in [2.45, 2.75) is 32.1 Å². The van der Waals surface area contributed by atoms with Crippen LogP contribution in [0, 0.1) is 11.8 Å². The predicted octanol–water partition coefficient (Wildman–Crippen LogP) is 5.22. The fourth-order valence-electron chi connectivity index (χ4n) is 4.48. The molecule has 2 aromatic carbocycles. The van der Waals surface area contributed by atoms with Crippen molar-refractivity contribution >= 4 is 29.3 Å². The van der Waals surface area contributed by atoms with Crippen molar-refractivity contribution in [3.63, 3.8) is 0 Å². The maximum absolute atomic E-state index is 13.2. The van der Waals surface area contributed by atoms with E-state index in [1.807, 2.05) is 18.2 Å². The number of hydrogen-bond donors (Lipinski definition) is 1. The lowest BCUT2D eigenvalue weighted by Gasteiger charge is -2.30. The summed E-state index contributed by atoms with van der Waals surface area (Å²) in [5.74, 6) is -2.53. The molecule has 0 spiro atoms. The predicted molar refractivity (Wildman–Crippen MR) is 119 cm³/mol. The second-order valence-corrected chi connectivity index (χ2v) is 8.65. The van der Waals surface area contributed by atoms with E-state index in [1.54, 1.807) is 38.1 Å². The minimum atomic E-state index is -1.03. The molecule has 160 valence electrons. The minimum Gasteiger partial charge on any atom is -0.481 e. The summed E-state index contributed by atoms with van der Waals surface area (Å²) < 4.78 is 5.68. The van der Waals surface area contributed by atoms with Gasteiger partial charge in [0.2, 0.25) is 0 Å². The number of rotatable bonds is 6. The van der Waals surface area contributed by atoms with Gasteiger partial charge in [-0.15, -0.1) is 0 Å². The zero-order valence-corrected chi connectivity index (χ0v) is 18.2. The zero-order valence-electron chi connectivity index (χ0n) is 17.4. The van der Waals surface area contributed by atoms with E-state index in [0.717, 1.165) is 6.42 Å². The molecule has 0 aromatic heterocycles. The first-order valence-corrected chi connectivity index (χ1v) is 10.7. The fourth-order valence-corrected chi connectivity index (χ4v) is 4.68. The van der Waals surface area contributed by atoms with Gasteiger partial charge in [0.05, 0.1) is 12.2 Å². The van der Waals surface area contributed by atoms with E-state index in [1.165, 1.54) is 5.56 Å². The third-order valence-electron chi connectivity index (χ3n) is 6.10. The Morgan fingerprint density at radius 2 is 1.81 bits per heavy atom. The number of benzene rings is 2. The molecular weight excluding hydrogens is 414 g/mol. The number of hydrogen-bond acceptors (Lipinski definition) is 4. The number of carbonyl (C=O) groups excluding carboxylic acids is 1. The number of carboxylic acids is 1. The maximum Gasteiger partial charge on any atom is 0.336 e. The molecule has 0 saturated heterocycles. The first-order chi connectivity index (χ1) is 14.9. The highest BCUT2D eigenvalue weighted by Crippen LogP contribution is 2.48. The molecule has 2 aliphatic rings. The number of esters is 1. The molecule has 1 aliphatic carbocycles. The highest BCUT2D eigenvalue weighted by Gasteiger charge is 2.43. The first-order valence-electron chi connectivity index (χ1n) is 10.3. The molecule has 1 N–H and O–H groups in total. The van der Waals surface area contributed by atoms with Gasteiger partial charge in [-0.3, -0.25) is 9.79 Å². The molecule has 0 amide bonds. The molecule has 6 heteroatoms. The van der Waals surface area contributed by atoms with Gasteiger partial charge >= 0.3 is 11.9 Å². The Morgan fingerprint density at radius 1 is 1.10 bits per heavy atom. The second kappa shape index (κ2) is 8.67. The second-order valence-electron chi connectivity index (χ2n) is 8.21. The quantitative estimate of drug-likeness (QED) is 0.628. The number of halogens is 1. The summed E-state index contributed by atoms with van der Waals surface area (Å²) in [7, 11) is 0. The fraction of sp³-hybridized carbons (Fsp3) is 0.320. The largest absolute Gasteiger partial charge is 0.481 e. The molecular formula is C25H24ClNO4. The lowest BCUT2D eigenvalue weighted by atomic mass is 9.75. The van der Waals surface area contributed by atoms with Crippen LogP contribution in [0.2, 0.25) is 5.02 Å². The van der Waals surface area contributed by atoms with E-state index in [4.69, 9.17) is 16.3 Å². The van der Waals surface area contributed by atoms with Gasteiger partial charge in [0.15, 0.2) is 0 Å². The van der Waals surface area contributed by atoms with Crippen LogP contribution in [0.5, 0.6) is 0 Å². The summed E-state index contributed by atoms with van der Waals surface area (Å²) in [4.78, 5) is 29.6. The Labute approximate surface area is 186 Å². The lowest BCUT2D eigenvalue weighted by Crippen LogP contribution is -2.35. The van der Waals surface area contributed by atoms with Gasteiger partial charge in [-0.25, -0.2) is 4.79 Å². The average molecular weight is 438 g/mol. The standard InChI is InChI=1S/C25H24ClNO4/c1-14-21(24(28)29)23(17-9-6-10-19(26)11-17)22(15(2)27-14)25(30)31-13-18-12-20(18)16-7-4-3-5-8-16/h3-11,18,20-21,23H,12-13H2,1-2H3,(H,28,29). The van der Waals surface area contributed by atoms with Gasteiger partial charge < -0.3 is 9.84 Å². The van der Waals surface area contributed by atoms with Crippen molar-refractivity contribution in [3.8, 4) is 0 Å². The molecule has 1 saturated carbocycles. The molecule has 0 bridgehead atoms. The topological polar surface area (TPSA) is 76.0 Å². The van der Waals surface area contributed by atoms with Crippen LogP contribution >= 0.6 is 11.6 Å². The monoisotopic (exact) mass is 437 g/mol. The summed E-state index contributed by atoms with van der Waals surface area (Å²) in [6.07, 6.45) is 0.974. The van der Waals surface area contributed by atoms with Crippen LogP contribution in [-0.4, -0.2) is 29.4 Å². The number of nitrogens with zero attached hydrogens (tertiary/aromatic N) is 1. The molecule has 4 atom stereocenters. The van der Waals surface area contributed by atoms with Crippen molar-refractivity contribution in [1.29, 1.82) is 0 Å². The molecule has 4 rings (SSSR count). The number of allylic oxidation sites excluding steroid dienone is 1. The van der Waals surface area contributed by atoms with Gasteiger partial charge in [0.25, 0.3) is 0 Å². The molecule has 5 nitrogen and oxygen atoms in total. The summed E-state index contributed by atoms with van der Waals surface area (Å²) >= 11 is 6.17. The highest BCUT2D eigenvalue weighted by molar-refractivity contribution is 6.30. The van der Waals surface area contributed by atoms with E-state index in [-0.39, 0.29) is 11.5 Å². The number of aliphatic imine (C=N–C) groups is 1. The van der Waals surface area contributed by atoms with E-state index >= 15 is 0 Å². The summed E-state index contributed by atoms with van der Waals surface area (Å²) in [6, 6.07) is 17.1. The maximum atomic E-state index is 13.2. The molecule has 1 heterocycles. The van der Waals surface area contributed by atoms with Gasteiger partial charge in [0, 0.05) is 28.3 Å². The Balaban J connectivity index is 1.57. The summed E-state index contributed by atoms with van der Waals surface area (Å²) in [6.45, 7) is 3.70. The Morgan fingerprint density at radius 3 is 2.48 bits per heavy atom. The Hall–Kier alpha value is -2.92. The van der Waals surface area contributed by atoms with Crippen LogP contribution in [0.15, 0.2) is 70.9 Å². The van der Waals surface area contributed by atoms with Crippen LogP contribution in [-0.2, 0) is 14.3 Å². The van der Waals surface area contributed by atoms with E-state index in [2.05, 4.69) is 17.1 Å². The van der Waals surface area contributed by atoms with E-state index < -0.39 is 23.8 Å². The van der Waals surface area contributed by atoms with Crippen LogP contribution in [0.25, 0.3) is 0 Å². The molecule has 2 aromatic rings. The number of ether oxygens (including phenoxy) is 1. The van der Waals surface area contributed by atoms with Gasteiger partial charge in [-0.2, -0.15) is 0 Å². The summed E-state index contributed by atoms with van der Waals surface area (Å²) in [5, 5.41) is 10.4. The number of aliphatic carboxylic acids is 1. The normalized spacial score (nSPS) is 25.1. The lowest BCUT2D eigenvalue weighted by molar-refractivity contribution is -0.141. The molecule has 1 fully saturated rings. The third kappa shape index (κ3) is 4.42. The number of carbonyl (C=O) groups is 2. The SMILES string of the molecule is CC1=NC(C)=C(C(=O)OCC2CC2c2ccccc2)C(c2cccc(Cl)c2)C1C(=O)O. The van der Waals surface area contributed by atoms with Gasteiger partial charge in [0.1, 0.15) is 5.92 Å². The smallest absolute Gasteiger partial charge is 0.336 e. The first kappa shape index (κ1) is 21.3. The summed E-state index contributed by atoms with van der Waals surface area (Å²) in [5.41, 5.74) is 3.14. The Bertz CT molecular complexity index is 1080. The van der Waals surface area contributed by atoms with Gasteiger partial charge in [-0.05, 0) is 49.4 Å². The average Bonchev–Trinajstić information content (AvgIpc) is 3.51. The van der Waals surface area contributed by atoms with E-state index in [9.17, 15) is 14.7 Å². The molecule has 1 aliphatic heterocycles. The third-order valence-corrected chi connectivity index (χ3v) is 6.34. The minimum absolute atomic E-state index is 0.279.